The standard InChI is InChI=1S/C7H15NO2S.C5H10O2/c1-11(9,10)6-7-2-4-8-5-3-7;1-5(2,3)7-4-6/h7-8H,2-6H2,1H3;4H,1-3H3. The van der Waals surface area contributed by atoms with Gasteiger partial charge in [0.2, 0.25) is 0 Å². The Morgan fingerprint density at radius 3 is 2.06 bits per heavy atom. The lowest BCUT2D eigenvalue weighted by atomic mass is 10.0. The number of nitrogens with one attached hydrogen (secondary N) is 1. The molecule has 1 fully saturated rings. The zero-order valence-corrected chi connectivity index (χ0v) is 12.5. The van der Waals surface area contributed by atoms with Gasteiger partial charge in [-0.15, -0.1) is 0 Å². The van der Waals surface area contributed by atoms with Crippen LogP contribution in [-0.2, 0) is 19.4 Å². The van der Waals surface area contributed by atoms with E-state index in [1.165, 1.54) is 6.26 Å². The number of ether oxygens (including phenoxy) is 1. The summed E-state index contributed by atoms with van der Waals surface area (Å²) in [6, 6.07) is 0. The number of carbonyl (C=O) groups is 1. The molecule has 0 saturated carbocycles. The van der Waals surface area contributed by atoms with Gasteiger partial charge in [-0.05, 0) is 52.6 Å². The molecule has 0 spiro atoms. The highest BCUT2D eigenvalue weighted by molar-refractivity contribution is 7.90. The van der Waals surface area contributed by atoms with Crippen LogP contribution in [0.5, 0.6) is 0 Å². The summed E-state index contributed by atoms with van der Waals surface area (Å²) in [7, 11) is -2.75. The van der Waals surface area contributed by atoms with Gasteiger partial charge in [-0.2, -0.15) is 0 Å². The first-order valence-corrected chi connectivity index (χ1v) is 8.20. The summed E-state index contributed by atoms with van der Waals surface area (Å²) in [6.07, 6.45) is 3.33. The van der Waals surface area contributed by atoms with Crippen LogP contribution in [0.3, 0.4) is 0 Å². The largest absolute Gasteiger partial charge is 0.462 e. The summed E-state index contributed by atoms with van der Waals surface area (Å²) < 4.78 is 26.3. The molecule has 0 amide bonds. The van der Waals surface area contributed by atoms with E-state index >= 15 is 0 Å². The molecule has 0 radical (unpaired) electrons. The van der Waals surface area contributed by atoms with Crippen molar-refractivity contribution in [1.82, 2.24) is 5.32 Å². The van der Waals surface area contributed by atoms with Gasteiger partial charge >= 0.3 is 0 Å². The highest BCUT2D eigenvalue weighted by atomic mass is 32.2. The number of hydrogen-bond donors (Lipinski definition) is 1. The minimum Gasteiger partial charge on any atom is -0.462 e. The van der Waals surface area contributed by atoms with Crippen molar-refractivity contribution in [1.29, 1.82) is 0 Å². The molecule has 0 atom stereocenters. The molecule has 0 aromatic carbocycles. The van der Waals surface area contributed by atoms with Crippen LogP contribution in [0, 0.1) is 5.92 Å². The predicted octanol–water partition coefficient (Wildman–Crippen LogP) is 0.988. The summed E-state index contributed by atoms with van der Waals surface area (Å²) in [6.45, 7) is 7.87. The highest BCUT2D eigenvalue weighted by Gasteiger charge is 2.17. The molecule has 1 N–H and O–H groups in total. The van der Waals surface area contributed by atoms with Crippen molar-refractivity contribution in [2.45, 2.75) is 39.2 Å². The molecule has 1 saturated heterocycles. The maximum atomic E-state index is 10.9. The molecule has 5 nitrogen and oxygen atoms in total. The zero-order valence-electron chi connectivity index (χ0n) is 11.7. The second kappa shape index (κ2) is 7.74. The van der Waals surface area contributed by atoms with Gasteiger partial charge in [-0.3, -0.25) is 4.79 Å². The summed E-state index contributed by atoms with van der Waals surface area (Å²) in [4.78, 5) is 9.60. The maximum absolute atomic E-state index is 10.9. The van der Waals surface area contributed by atoms with Crippen molar-refractivity contribution >= 4 is 16.3 Å². The summed E-state index contributed by atoms with van der Waals surface area (Å²) in [5.74, 6) is 0.764. The first-order chi connectivity index (χ1) is 8.14. The lowest BCUT2D eigenvalue weighted by Gasteiger charge is -2.21. The average molecular weight is 279 g/mol. The molecule has 18 heavy (non-hydrogen) atoms. The Labute approximate surface area is 110 Å². The Hall–Kier alpha value is -0.620. The van der Waals surface area contributed by atoms with E-state index in [0.29, 0.717) is 18.1 Å². The molecular formula is C12H25NO4S. The molecule has 1 aliphatic heterocycles. The highest BCUT2D eigenvalue weighted by Crippen LogP contribution is 2.13. The molecule has 1 rings (SSSR count). The van der Waals surface area contributed by atoms with Crippen LogP contribution in [0.2, 0.25) is 0 Å². The van der Waals surface area contributed by atoms with E-state index in [2.05, 4.69) is 10.1 Å². The fourth-order valence-corrected chi connectivity index (χ4v) is 2.81. The molecule has 0 unspecified atom stereocenters. The number of hydrogen-bond acceptors (Lipinski definition) is 5. The number of piperidine rings is 1. The molecule has 0 aromatic heterocycles. The van der Waals surface area contributed by atoms with Gasteiger partial charge in [-0.1, -0.05) is 0 Å². The number of sulfone groups is 1. The van der Waals surface area contributed by atoms with Crippen molar-refractivity contribution in [3.63, 3.8) is 0 Å². The predicted molar refractivity (Wildman–Crippen MR) is 72.2 cm³/mol. The zero-order chi connectivity index (χ0) is 14.2. The quantitative estimate of drug-likeness (QED) is 0.780. The van der Waals surface area contributed by atoms with E-state index in [-0.39, 0.29) is 5.60 Å². The number of rotatable bonds is 3. The fourth-order valence-electron chi connectivity index (χ4n) is 1.62. The van der Waals surface area contributed by atoms with E-state index in [9.17, 15) is 13.2 Å². The van der Waals surface area contributed by atoms with E-state index in [0.717, 1.165) is 25.9 Å². The van der Waals surface area contributed by atoms with Gasteiger partial charge in [0, 0.05) is 6.26 Å². The van der Waals surface area contributed by atoms with E-state index in [4.69, 9.17) is 0 Å². The van der Waals surface area contributed by atoms with E-state index < -0.39 is 9.84 Å². The van der Waals surface area contributed by atoms with Crippen LogP contribution in [0.25, 0.3) is 0 Å². The molecule has 1 heterocycles. The lowest BCUT2D eigenvalue weighted by Crippen LogP contribution is -2.31. The smallest absolute Gasteiger partial charge is 0.293 e. The van der Waals surface area contributed by atoms with Crippen LogP contribution in [0.1, 0.15) is 33.6 Å². The second-order valence-electron chi connectivity index (χ2n) is 5.61. The first kappa shape index (κ1) is 17.4. The Bertz CT molecular complexity index is 326. The van der Waals surface area contributed by atoms with Gasteiger partial charge in [0.15, 0.2) is 0 Å². The summed E-state index contributed by atoms with van der Waals surface area (Å²) in [5, 5.41) is 3.21. The third-order valence-electron chi connectivity index (χ3n) is 2.40. The van der Waals surface area contributed by atoms with Crippen molar-refractivity contribution in [2.24, 2.45) is 5.92 Å². The Balaban J connectivity index is 0.000000360. The molecule has 0 aromatic rings. The fraction of sp³-hybridized carbons (Fsp3) is 0.917. The number of carbonyl (C=O) groups excluding carboxylic acids is 1. The van der Waals surface area contributed by atoms with Crippen molar-refractivity contribution in [3.8, 4) is 0 Å². The molecule has 0 aliphatic carbocycles. The Kier molecular flexibility index (Phi) is 7.47. The van der Waals surface area contributed by atoms with Gasteiger partial charge in [-0.25, -0.2) is 8.42 Å². The third kappa shape index (κ3) is 11.9. The van der Waals surface area contributed by atoms with Crippen LogP contribution in [-0.4, -0.2) is 45.6 Å². The maximum Gasteiger partial charge on any atom is 0.293 e. The molecule has 0 bridgehead atoms. The lowest BCUT2D eigenvalue weighted by molar-refractivity contribution is -0.138. The van der Waals surface area contributed by atoms with Crippen molar-refractivity contribution < 1.29 is 17.9 Å². The van der Waals surface area contributed by atoms with Crippen LogP contribution in [0.4, 0.5) is 0 Å². The topological polar surface area (TPSA) is 72.5 Å². The van der Waals surface area contributed by atoms with E-state index in [1.54, 1.807) is 0 Å². The van der Waals surface area contributed by atoms with Crippen LogP contribution < -0.4 is 5.32 Å². The van der Waals surface area contributed by atoms with E-state index in [1.807, 2.05) is 20.8 Å². The van der Waals surface area contributed by atoms with Gasteiger partial charge < -0.3 is 10.1 Å². The first-order valence-electron chi connectivity index (χ1n) is 6.14. The Morgan fingerprint density at radius 1 is 1.28 bits per heavy atom. The molecule has 108 valence electrons. The average Bonchev–Trinajstić information content (AvgIpc) is 2.15. The van der Waals surface area contributed by atoms with Gasteiger partial charge in [0.1, 0.15) is 15.4 Å². The summed E-state index contributed by atoms with van der Waals surface area (Å²) in [5.41, 5.74) is -0.318. The van der Waals surface area contributed by atoms with Gasteiger partial charge in [0.05, 0.1) is 5.75 Å². The summed E-state index contributed by atoms with van der Waals surface area (Å²) >= 11 is 0. The monoisotopic (exact) mass is 279 g/mol. The minimum absolute atomic E-state index is 0.318. The molecular weight excluding hydrogens is 254 g/mol. The van der Waals surface area contributed by atoms with Crippen molar-refractivity contribution in [3.05, 3.63) is 0 Å². The minimum atomic E-state index is -2.75. The van der Waals surface area contributed by atoms with Crippen LogP contribution in [0.15, 0.2) is 0 Å². The Morgan fingerprint density at radius 2 is 1.78 bits per heavy atom. The third-order valence-corrected chi connectivity index (χ3v) is 3.48. The molecule has 6 heteroatoms. The normalized spacial score (nSPS) is 17.6. The molecule has 1 aliphatic rings. The van der Waals surface area contributed by atoms with Gasteiger partial charge in [0.25, 0.3) is 6.47 Å². The SMILES string of the molecule is CC(C)(C)OC=O.CS(=O)(=O)CC1CCNCC1. The van der Waals surface area contributed by atoms with Crippen LogP contribution >= 0.6 is 0 Å². The second-order valence-corrected chi connectivity index (χ2v) is 7.80. The van der Waals surface area contributed by atoms with Crippen molar-refractivity contribution in [2.75, 3.05) is 25.1 Å².